The molecular weight excluding hydrogens is 468 g/mol. The summed E-state index contributed by atoms with van der Waals surface area (Å²) in [4.78, 5) is 15.2. The maximum atomic E-state index is 12.2. The van der Waals surface area contributed by atoms with Crippen LogP contribution in [0.4, 0.5) is 0 Å². The molecule has 0 radical (unpaired) electrons. The average Bonchev–Trinajstić information content (AvgIpc) is 2.86. The fourth-order valence-corrected chi connectivity index (χ4v) is 9.46. The Morgan fingerprint density at radius 3 is 2.00 bits per heavy atom. The second-order valence-electron chi connectivity index (χ2n) is 10.0. The number of aliphatic hydroxyl groups is 1. The Labute approximate surface area is 214 Å². The standard InChI is InChI=1S/C29H34N2O4Si/c1-5-34-27(33)26(31-30)25(32)21-29(19-13-8-14-20-29)22-35-36(28(2,3)4,23-15-9-6-10-16-23)24-17-11-7-12-18-24/h6-7,9-20H,5,8,21-22H2,1-4H3/p+1. The van der Waals surface area contributed by atoms with Crippen molar-refractivity contribution in [3.63, 3.8) is 0 Å². The third-order valence-corrected chi connectivity index (χ3v) is 11.5. The number of nitrogens with zero attached hydrogens (tertiary/aromatic N) is 2. The van der Waals surface area contributed by atoms with E-state index in [-0.39, 0.29) is 30.4 Å². The lowest BCUT2D eigenvalue weighted by Crippen LogP contribution is -2.67. The molecule has 2 aromatic carbocycles. The number of hydrogen-bond acceptors (Lipinski definition) is 5. The molecule has 188 valence electrons. The van der Waals surface area contributed by atoms with Crippen LogP contribution in [0.5, 0.6) is 0 Å². The van der Waals surface area contributed by atoms with Gasteiger partial charge in [0, 0.05) is 18.4 Å². The Bertz CT molecular complexity index is 1120. The smallest absolute Gasteiger partial charge is 0.505 e. The summed E-state index contributed by atoms with van der Waals surface area (Å²) >= 11 is 0. The van der Waals surface area contributed by atoms with Crippen molar-refractivity contribution < 1.29 is 19.1 Å². The lowest BCUT2D eigenvalue weighted by atomic mass is 9.81. The Morgan fingerprint density at radius 1 is 1.03 bits per heavy atom. The van der Waals surface area contributed by atoms with Gasteiger partial charge in [-0.1, -0.05) is 106 Å². The Kier molecular flexibility index (Phi) is 8.67. The van der Waals surface area contributed by atoms with E-state index >= 15 is 0 Å². The molecular formula is C29H35N2O4Si+. The average molecular weight is 504 g/mol. The van der Waals surface area contributed by atoms with E-state index in [1.54, 1.807) is 6.92 Å². The zero-order valence-electron chi connectivity index (χ0n) is 21.5. The van der Waals surface area contributed by atoms with Crippen LogP contribution >= 0.6 is 0 Å². The number of aliphatic hydroxyl groups excluding tert-OH is 1. The highest BCUT2D eigenvalue weighted by molar-refractivity contribution is 6.99. The van der Waals surface area contributed by atoms with E-state index in [2.05, 4.69) is 50.0 Å². The highest BCUT2D eigenvalue weighted by Crippen LogP contribution is 2.40. The van der Waals surface area contributed by atoms with Crippen molar-refractivity contribution in [2.24, 2.45) is 5.41 Å². The Morgan fingerprint density at radius 2 is 1.56 bits per heavy atom. The van der Waals surface area contributed by atoms with Crippen LogP contribution in [0.3, 0.4) is 0 Å². The number of rotatable bonds is 9. The summed E-state index contributed by atoms with van der Waals surface area (Å²) in [6, 6.07) is 20.7. The molecule has 1 N–H and O–H groups in total. The molecule has 0 aromatic heterocycles. The fraction of sp³-hybridized carbons (Fsp3) is 0.345. The lowest BCUT2D eigenvalue weighted by Gasteiger charge is -2.45. The molecule has 2 aromatic rings. The number of carbonyl (C=O) groups excluding carboxylic acids is 1. The monoisotopic (exact) mass is 503 g/mol. The molecule has 0 heterocycles. The molecule has 0 unspecified atom stereocenters. The largest absolute Gasteiger partial charge is 0.505 e. The summed E-state index contributed by atoms with van der Waals surface area (Å²) in [5.41, 5.74) is -1.23. The van der Waals surface area contributed by atoms with Crippen LogP contribution in [0.15, 0.2) is 96.4 Å². The summed E-state index contributed by atoms with van der Waals surface area (Å²) in [5.74, 6) is -1.22. The molecule has 36 heavy (non-hydrogen) atoms. The van der Waals surface area contributed by atoms with Gasteiger partial charge in [0.2, 0.25) is 5.39 Å². The van der Waals surface area contributed by atoms with Gasteiger partial charge in [0.25, 0.3) is 8.32 Å². The van der Waals surface area contributed by atoms with Gasteiger partial charge >= 0.3 is 11.7 Å². The second-order valence-corrected chi connectivity index (χ2v) is 14.3. The van der Waals surface area contributed by atoms with Crippen LogP contribution in [0.1, 0.15) is 40.5 Å². The molecule has 1 aliphatic carbocycles. The zero-order valence-corrected chi connectivity index (χ0v) is 22.5. The molecule has 7 heteroatoms. The molecule has 0 atom stereocenters. The highest BCUT2D eigenvalue weighted by atomic mass is 28.4. The van der Waals surface area contributed by atoms with Crippen molar-refractivity contribution in [2.75, 3.05) is 13.2 Å². The maximum Gasteiger partial charge on any atom is 0.505 e. The van der Waals surface area contributed by atoms with Crippen molar-refractivity contribution >= 4 is 24.7 Å². The first kappa shape index (κ1) is 27.1. The summed E-state index contributed by atoms with van der Waals surface area (Å²) < 4.78 is 12.1. The van der Waals surface area contributed by atoms with E-state index in [1.807, 2.05) is 60.7 Å². The van der Waals surface area contributed by atoms with E-state index in [9.17, 15) is 15.3 Å². The minimum absolute atomic E-state index is 0.0242. The summed E-state index contributed by atoms with van der Waals surface area (Å²) in [6.07, 6.45) is 8.82. The number of benzene rings is 2. The number of esters is 1. The molecule has 0 aliphatic heterocycles. The minimum Gasteiger partial charge on any atom is -0.505 e. The van der Waals surface area contributed by atoms with Gasteiger partial charge in [0.1, 0.15) is 0 Å². The second kappa shape index (κ2) is 11.5. The van der Waals surface area contributed by atoms with Gasteiger partial charge in [-0.2, -0.15) is 0 Å². The van der Waals surface area contributed by atoms with Gasteiger partial charge < -0.3 is 14.3 Å². The molecule has 1 aliphatic rings. The van der Waals surface area contributed by atoms with Crippen molar-refractivity contribution in [1.82, 2.24) is 0 Å². The molecule has 0 saturated heterocycles. The van der Waals surface area contributed by atoms with Gasteiger partial charge in [-0.25, -0.2) is 4.79 Å². The first-order valence-electron chi connectivity index (χ1n) is 12.2. The summed E-state index contributed by atoms with van der Waals surface area (Å²) in [6.45, 7) is 8.64. The number of carbonyl (C=O) groups is 1. The van der Waals surface area contributed by atoms with E-state index in [0.29, 0.717) is 0 Å². The summed E-state index contributed by atoms with van der Waals surface area (Å²) in [7, 11) is -2.83. The first-order valence-corrected chi connectivity index (χ1v) is 14.1. The quantitative estimate of drug-likeness (QED) is 0.120. The lowest BCUT2D eigenvalue weighted by molar-refractivity contribution is -0.138. The third-order valence-electron chi connectivity index (χ3n) is 6.48. The minimum atomic E-state index is -2.83. The van der Waals surface area contributed by atoms with E-state index < -0.39 is 25.4 Å². The Balaban J connectivity index is 2.09. The van der Waals surface area contributed by atoms with Gasteiger partial charge in [-0.15, -0.1) is 0 Å². The van der Waals surface area contributed by atoms with Gasteiger partial charge in [-0.3, -0.25) is 0 Å². The van der Waals surface area contributed by atoms with Crippen molar-refractivity contribution in [2.45, 2.75) is 45.6 Å². The molecule has 0 amide bonds. The predicted octanol–water partition coefficient (Wildman–Crippen LogP) is 5.64. The first-order chi connectivity index (χ1) is 17.2. The van der Waals surface area contributed by atoms with Crippen LogP contribution in [-0.2, 0) is 14.0 Å². The SMILES string of the molecule is CCOC(=O)/C([N+]#N)=C(\O)CC1(CO[Si](c2ccccc2)(c2ccccc2)C(C)(C)C)C=CCC=C1. The normalized spacial score (nSPS) is 15.6. The molecule has 0 fully saturated rings. The summed E-state index contributed by atoms with van der Waals surface area (Å²) in [5, 5.41) is 22.4. The van der Waals surface area contributed by atoms with E-state index in [0.717, 1.165) is 16.8 Å². The van der Waals surface area contributed by atoms with Crippen LogP contribution in [0.2, 0.25) is 5.04 Å². The third kappa shape index (κ3) is 5.67. The van der Waals surface area contributed by atoms with E-state index in [4.69, 9.17) is 9.16 Å². The Hall–Kier alpha value is -3.47. The molecule has 6 nitrogen and oxygen atoms in total. The van der Waals surface area contributed by atoms with Crippen molar-refractivity contribution in [3.05, 3.63) is 101 Å². The predicted molar refractivity (Wildman–Crippen MR) is 145 cm³/mol. The molecule has 3 rings (SSSR count). The molecule has 0 saturated carbocycles. The van der Waals surface area contributed by atoms with Crippen LogP contribution in [0, 0.1) is 10.8 Å². The number of allylic oxidation sites excluding steroid dienone is 3. The number of diazo groups is 1. The number of hydrogen-bond donors (Lipinski definition) is 1. The maximum absolute atomic E-state index is 12.2. The van der Waals surface area contributed by atoms with Crippen LogP contribution < -0.4 is 10.4 Å². The van der Waals surface area contributed by atoms with Crippen LogP contribution in [0.25, 0.3) is 4.98 Å². The molecule has 0 spiro atoms. The van der Waals surface area contributed by atoms with E-state index in [1.165, 1.54) is 0 Å². The number of ether oxygens (including phenoxy) is 1. The van der Waals surface area contributed by atoms with Crippen LogP contribution in [-0.4, -0.2) is 32.6 Å². The van der Waals surface area contributed by atoms with Crippen molar-refractivity contribution in [1.29, 1.82) is 5.39 Å². The van der Waals surface area contributed by atoms with Crippen molar-refractivity contribution in [3.8, 4) is 0 Å². The van der Waals surface area contributed by atoms with Gasteiger partial charge in [-0.05, 0) is 28.8 Å². The van der Waals surface area contributed by atoms with Gasteiger partial charge in [0.05, 0.1) is 6.61 Å². The highest BCUT2D eigenvalue weighted by Gasteiger charge is 2.51. The fourth-order valence-electron chi connectivity index (χ4n) is 4.82. The topological polar surface area (TPSA) is 83.9 Å². The van der Waals surface area contributed by atoms with Gasteiger partial charge in [0.15, 0.2) is 10.7 Å². The zero-order chi connectivity index (χ0) is 26.2. The molecule has 0 bridgehead atoms.